The molecule has 0 aliphatic carbocycles. The second kappa shape index (κ2) is 4.71. The van der Waals surface area contributed by atoms with E-state index < -0.39 is 11.9 Å². The first kappa shape index (κ1) is 10.6. The number of thiazole rings is 1. The fourth-order valence-corrected chi connectivity index (χ4v) is 1.53. The Labute approximate surface area is 85.1 Å². The van der Waals surface area contributed by atoms with Gasteiger partial charge in [0.2, 0.25) is 0 Å². The molecule has 0 saturated carbocycles. The van der Waals surface area contributed by atoms with E-state index in [0.717, 1.165) is 17.0 Å². The summed E-state index contributed by atoms with van der Waals surface area (Å²) in [5, 5.41) is 3.16. The van der Waals surface area contributed by atoms with Gasteiger partial charge in [0, 0.05) is 11.1 Å². The fraction of sp³-hybridized carbons (Fsp3) is 0.375. The number of nitrogens with zero attached hydrogens (tertiary/aromatic N) is 1. The highest BCUT2D eigenvalue weighted by Gasteiger charge is 2.13. The summed E-state index contributed by atoms with van der Waals surface area (Å²) in [4.78, 5) is 26.7. The summed E-state index contributed by atoms with van der Waals surface area (Å²) in [5.41, 5.74) is 0. The number of carbonyl (C=O) groups excluding carboxylic acids is 2. The average molecular weight is 214 g/mol. The van der Waals surface area contributed by atoms with E-state index in [2.05, 4.69) is 15.0 Å². The molecule has 0 saturated heterocycles. The third kappa shape index (κ3) is 2.81. The number of rotatable bonds is 2. The van der Waals surface area contributed by atoms with Crippen molar-refractivity contribution in [2.24, 2.45) is 0 Å². The Balaban J connectivity index is 2.41. The SMILES string of the molecule is COC(=O)C(=O)NCc1ncc(C)s1. The molecule has 1 amide bonds. The van der Waals surface area contributed by atoms with Crippen molar-refractivity contribution in [1.29, 1.82) is 0 Å². The molecule has 0 fully saturated rings. The number of aryl methyl sites for hydroxylation is 1. The van der Waals surface area contributed by atoms with Crippen LogP contribution >= 0.6 is 11.3 Å². The van der Waals surface area contributed by atoms with Crippen LogP contribution in [0.1, 0.15) is 9.88 Å². The molecule has 76 valence electrons. The van der Waals surface area contributed by atoms with Gasteiger partial charge in [-0.1, -0.05) is 0 Å². The lowest BCUT2D eigenvalue weighted by molar-refractivity contribution is -0.152. The number of nitrogens with one attached hydrogen (secondary N) is 1. The van der Waals surface area contributed by atoms with Crippen molar-refractivity contribution in [1.82, 2.24) is 10.3 Å². The first-order valence-corrected chi connectivity index (χ1v) is 4.72. The van der Waals surface area contributed by atoms with Gasteiger partial charge in [0.05, 0.1) is 13.7 Å². The minimum absolute atomic E-state index is 0.256. The molecule has 14 heavy (non-hydrogen) atoms. The quantitative estimate of drug-likeness (QED) is 0.565. The Morgan fingerprint density at radius 2 is 2.36 bits per heavy atom. The standard InChI is InChI=1S/C8H10N2O3S/c1-5-3-9-6(14-5)4-10-7(11)8(12)13-2/h3H,4H2,1-2H3,(H,10,11). The van der Waals surface area contributed by atoms with Crippen molar-refractivity contribution in [2.75, 3.05) is 7.11 Å². The third-order valence-electron chi connectivity index (χ3n) is 1.44. The molecule has 0 aliphatic rings. The van der Waals surface area contributed by atoms with E-state index in [1.807, 2.05) is 6.92 Å². The smallest absolute Gasteiger partial charge is 0.396 e. The van der Waals surface area contributed by atoms with Gasteiger partial charge in [-0.15, -0.1) is 11.3 Å². The maximum atomic E-state index is 10.9. The van der Waals surface area contributed by atoms with Gasteiger partial charge in [0.15, 0.2) is 0 Å². The number of aromatic nitrogens is 1. The van der Waals surface area contributed by atoms with Crippen LogP contribution in [0.5, 0.6) is 0 Å². The second-order valence-corrected chi connectivity index (χ2v) is 3.86. The predicted molar refractivity (Wildman–Crippen MR) is 50.7 cm³/mol. The highest BCUT2D eigenvalue weighted by Crippen LogP contribution is 2.10. The van der Waals surface area contributed by atoms with E-state index >= 15 is 0 Å². The number of methoxy groups -OCH3 is 1. The van der Waals surface area contributed by atoms with Crippen LogP contribution in [0.3, 0.4) is 0 Å². The maximum Gasteiger partial charge on any atom is 0.396 e. The largest absolute Gasteiger partial charge is 0.462 e. The molecule has 6 heteroatoms. The number of ether oxygens (including phenoxy) is 1. The number of hydrogen-bond acceptors (Lipinski definition) is 5. The molecule has 1 N–H and O–H groups in total. The number of amides is 1. The lowest BCUT2D eigenvalue weighted by atomic mass is 10.5. The zero-order valence-corrected chi connectivity index (χ0v) is 8.68. The van der Waals surface area contributed by atoms with Gasteiger partial charge in [-0.25, -0.2) is 9.78 Å². The van der Waals surface area contributed by atoms with Crippen molar-refractivity contribution in [3.05, 3.63) is 16.1 Å². The van der Waals surface area contributed by atoms with Crippen LogP contribution in [0.15, 0.2) is 6.20 Å². The molecule has 1 heterocycles. The van der Waals surface area contributed by atoms with E-state index in [1.165, 1.54) is 11.3 Å². The van der Waals surface area contributed by atoms with Crippen LogP contribution in [0, 0.1) is 6.92 Å². The molecule has 5 nitrogen and oxygen atoms in total. The van der Waals surface area contributed by atoms with Gasteiger partial charge in [-0.3, -0.25) is 4.79 Å². The molecular formula is C8H10N2O3S. The van der Waals surface area contributed by atoms with Crippen LogP contribution in [0.25, 0.3) is 0 Å². The van der Waals surface area contributed by atoms with E-state index in [9.17, 15) is 9.59 Å². The van der Waals surface area contributed by atoms with Crippen LogP contribution in [0.2, 0.25) is 0 Å². The van der Waals surface area contributed by atoms with Gasteiger partial charge < -0.3 is 10.1 Å². The number of carbonyl (C=O) groups is 2. The zero-order chi connectivity index (χ0) is 10.6. The highest BCUT2D eigenvalue weighted by atomic mass is 32.1. The summed E-state index contributed by atoms with van der Waals surface area (Å²) in [6, 6.07) is 0. The monoisotopic (exact) mass is 214 g/mol. The van der Waals surface area contributed by atoms with Crippen molar-refractivity contribution in [3.8, 4) is 0 Å². The van der Waals surface area contributed by atoms with E-state index in [-0.39, 0.29) is 6.54 Å². The molecule has 0 spiro atoms. The van der Waals surface area contributed by atoms with Crippen molar-refractivity contribution >= 4 is 23.2 Å². The first-order valence-electron chi connectivity index (χ1n) is 3.91. The van der Waals surface area contributed by atoms with Gasteiger partial charge in [-0.2, -0.15) is 0 Å². The lowest BCUT2D eigenvalue weighted by Gasteiger charge is -1.99. The minimum Gasteiger partial charge on any atom is -0.462 e. The summed E-state index contributed by atoms with van der Waals surface area (Å²) in [6.45, 7) is 2.18. The third-order valence-corrected chi connectivity index (χ3v) is 2.35. The Morgan fingerprint density at radius 1 is 1.64 bits per heavy atom. The topological polar surface area (TPSA) is 68.3 Å². The maximum absolute atomic E-state index is 10.9. The summed E-state index contributed by atoms with van der Waals surface area (Å²) < 4.78 is 4.24. The molecule has 0 atom stereocenters. The molecule has 1 rings (SSSR count). The normalized spacial score (nSPS) is 9.57. The van der Waals surface area contributed by atoms with Crippen LogP contribution in [0.4, 0.5) is 0 Å². The fourth-order valence-electron chi connectivity index (χ4n) is 0.804. The summed E-state index contributed by atoms with van der Waals surface area (Å²) in [7, 11) is 1.16. The predicted octanol–water partition coefficient (Wildman–Crippen LogP) is 0.241. The average Bonchev–Trinajstić information content (AvgIpc) is 2.59. The number of esters is 1. The van der Waals surface area contributed by atoms with E-state index in [4.69, 9.17) is 0 Å². The zero-order valence-electron chi connectivity index (χ0n) is 7.86. The van der Waals surface area contributed by atoms with Crippen molar-refractivity contribution in [3.63, 3.8) is 0 Å². The Morgan fingerprint density at radius 3 is 2.86 bits per heavy atom. The Bertz CT molecular complexity index is 348. The summed E-state index contributed by atoms with van der Waals surface area (Å²) in [5.74, 6) is -1.64. The Hall–Kier alpha value is -1.43. The Kier molecular flexibility index (Phi) is 3.58. The van der Waals surface area contributed by atoms with Gasteiger partial charge >= 0.3 is 11.9 Å². The highest BCUT2D eigenvalue weighted by molar-refractivity contribution is 7.11. The van der Waals surface area contributed by atoms with Crippen molar-refractivity contribution < 1.29 is 14.3 Å². The molecule has 0 unspecified atom stereocenters. The molecule has 0 radical (unpaired) electrons. The number of hydrogen-bond donors (Lipinski definition) is 1. The van der Waals surface area contributed by atoms with Crippen LogP contribution < -0.4 is 5.32 Å². The second-order valence-electron chi connectivity index (χ2n) is 2.54. The lowest BCUT2D eigenvalue weighted by Crippen LogP contribution is -2.31. The van der Waals surface area contributed by atoms with Gasteiger partial charge in [0.25, 0.3) is 0 Å². The van der Waals surface area contributed by atoms with Gasteiger partial charge in [-0.05, 0) is 6.92 Å². The molecule has 1 aromatic rings. The van der Waals surface area contributed by atoms with E-state index in [1.54, 1.807) is 6.20 Å². The molecule has 0 aliphatic heterocycles. The summed E-state index contributed by atoms with van der Waals surface area (Å²) >= 11 is 1.47. The minimum atomic E-state index is -0.890. The summed E-state index contributed by atoms with van der Waals surface area (Å²) in [6.07, 6.45) is 1.71. The molecular weight excluding hydrogens is 204 g/mol. The van der Waals surface area contributed by atoms with E-state index in [0.29, 0.717) is 0 Å². The van der Waals surface area contributed by atoms with Crippen molar-refractivity contribution in [2.45, 2.75) is 13.5 Å². The molecule has 0 aromatic carbocycles. The van der Waals surface area contributed by atoms with Crippen LogP contribution in [-0.4, -0.2) is 24.0 Å². The van der Waals surface area contributed by atoms with Crippen LogP contribution in [-0.2, 0) is 20.9 Å². The molecule has 1 aromatic heterocycles. The molecule has 0 bridgehead atoms. The van der Waals surface area contributed by atoms with Gasteiger partial charge in [0.1, 0.15) is 5.01 Å². The first-order chi connectivity index (χ1) is 6.63.